The number of thiol groups is 1. The lowest BCUT2D eigenvalue weighted by Crippen LogP contribution is -2.54. The van der Waals surface area contributed by atoms with Gasteiger partial charge in [0, 0.05) is 18.3 Å². The fourth-order valence-corrected chi connectivity index (χ4v) is 3.25. The van der Waals surface area contributed by atoms with Crippen LogP contribution < -0.4 is 10.6 Å². The van der Waals surface area contributed by atoms with Crippen LogP contribution in [0.5, 0.6) is 0 Å². The minimum absolute atomic E-state index is 0.0226. The zero-order valence-electron chi connectivity index (χ0n) is 19.4. The van der Waals surface area contributed by atoms with Crippen LogP contribution in [0, 0.1) is 0 Å². The van der Waals surface area contributed by atoms with Crippen molar-refractivity contribution < 1.29 is 24.2 Å². The molecule has 3 N–H and O–H groups in total. The summed E-state index contributed by atoms with van der Waals surface area (Å²) in [4.78, 5) is 40.1. The molecule has 0 aromatic heterocycles. The van der Waals surface area contributed by atoms with Gasteiger partial charge in [-0.15, -0.1) is 0 Å². The summed E-state index contributed by atoms with van der Waals surface area (Å²) >= 11 is 4.20. The molecule has 0 aliphatic rings. The average molecular weight is 466 g/mol. The molecule has 1 rings (SSSR count). The second kappa shape index (κ2) is 12.5. The Morgan fingerprint density at radius 2 is 1.91 bits per heavy atom. The normalized spacial score (nSPS) is 13.1. The Kier molecular flexibility index (Phi) is 10.7. The highest BCUT2D eigenvalue weighted by molar-refractivity contribution is 7.80. The van der Waals surface area contributed by atoms with Gasteiger partial charge in [-0.05, 0) is 51.8 Å². The Hall–Kier alpha value is -2.52. The Balaban J connectivity index is 3.35. The van der Waals surface area contributed by atoms with Gasteiger partial charge in [-0.25, -0.2) is 4.79 Å². The second-order valence-electron chi connectivity index (χ2n) is 8.58. The van der Waals surface area contributed by atoms with E-state index >= 15 is 0 Å². The Morgan fingerprint density at radius 1 is 1.25 bits per heavy atom. The first-order chi connectivity index (χ1) is 14.9. The van der Waals surface area contributed by atoms with Crippen molar-refractivity contribution in [1.82, 2.24) is 15.5 Å². The van der Waals surface area contributed by atoms with Crippen LogP contribution in [-0.4, -0.2) is 64.5 Å². The lowest BCUT2D eigenvalue weighted by atomic mass is 10.00. The van der Waals surface area contributed by atoms with Gasteiger partial charge in [-0.2, -0.15) is 12.6 Å². The zero-order valence-corrected chi connectivity index (χ0v) is 20.3. The number of nitrogens with zero attached hydrogens (tertiary/aromatic N) is 1. The molecule has 0 spiro atoms. The van der Waals surface area contributed by atoms with Gasteiger partial charge in [0.15, 0.2) is 0 Å². The minimum atomic E-state index is -1.06. The van der Waals surface area contributed by atoms with E-state index in [9.17, 15) is 19.5 Å². The van der Waals surface area contributed by atoms with Crippen LogP contribution in [0.1, 0.15) is 51.8 Å². The molecule has 2 unspecified atom stereocenters. The Morgan fingerprint density at radius 3 is 2.41 bits per heavy atom. The maximum Gasteiger partial charge on any atom is 0.408 e. The molecule has 2 atom stereocenters. The number of aliphatic hydroxyl groups is 1. The molecule has 0 saturated heterocycles. The maximum atomic E-state index is 13.4. The Labute approximate surface area is 195 Å². The van der Waals surface area contributed by atoms with Crippen LogP contribution in [0.2, 0.25) is 0 Å². The third-order valence-electron chi connectivity index (χ3n) is 4.25. The van der Waals surface area contributed by atoms with Gasteiger partial charge in [-0.1, -0.05) is 30.9 Å². The second-order valence-corrected chi connectivity index (χ2v) is 8.94. The summed E-state index contributed by atoms with van der Waals surface area (Å²) in [6.45, 7) is 12.0. The minimum Gasteiger partial charge on any atom is -0.444 e. The van der Waals surface area contributed by atoms with Gasteiger partial charge in [0.05, 0.1) is 6.61 Å². The molecule has 0 radical (unpaired) electrons. The first kappa shape index (κ1) is 27.5. The molecule has 9 heteroatoms. The number of nitrogens with one attached hydrogen (secondary N) is 2. The molecule has 0 aliphatic heterocycles. The molecule has 1 aromatic carbocycles. The first-order valence-corrected chi connectivity index (χ1v) is 11.1. The van der Waals surface area contributed by atoms with E-state index in [1.54, 1.807) is 45.0 Å². The van der Waals surface area contributed by atoms with Gasteiger partial charge < -0.3 is 25.4 Å². The number of aliphatic hydroxyl groups excluding tert-OH is 1. The molecule has 0 fully saturated rings. The lowest BCUT2D eigenvalue weighted by molar-refractivity contribution is -0.142. The molecule has 1 aromatic rings. The summed E-state index contributed by atoms with van der Waals surface area (Å²) in [5.74, 6) is -0.989. The summed E-state index contributed by atoms with van der Waals surface area (Å²) in [7, 11) is 0. The van der Waals surface area contributed by atoms with E-state index in [1.807, 2.05) is 19.9 Å². The van der Waals surface area contributed by atoms with Gasteiger partial charge in [-0.3, -0.25) is 9.59 Å². The lowest BCUT2D eigenvalue weighted by Gasteiger charge is -2.34. The number of alkyl carbamates (subject to hydrolysis) is 1. The number of rotatable bonds is 10. The van der Waals surface area contributed by atoms with E-state index in [2.05, 4.69) is 29.8 Å². The van der Waals surface area contributed by atoms with Crippen LogP contribution >= 0.6 is 12.6 Å². The largest absolute Gasteiger partial charge is 0.444 e. The molecule has 0 saturated carbocycles. The highest BCUT2D eigenvalue weighted by Crippen LogP contribution is 2.24. The van der Waals surface area contributed by atoms with Crippen molar-refractivity contribution in [1.29, 1.82) is 0 Å². The van der Waals surface area contributed by atoms with E-state index in [1.165, 1.54) is 4.90 Å². The number of carbonyl (C=O) groups is 3. The third kappa shape index (κ3) is 8.55. The van der Waals surface area contributed by atoms with Crippen LogP contribution in [-0.2, 0) is 14.3 Å². The average Bonchev–Trinajstić information content (AvgIpc) is 2.69. The fraction of sp³-hybridized carbons (Fsp3) is 0.522. The van der Waals surface area contributed by atoms with E-state index in [-0.39, 0.29) is 24.9 Å². The molecule has 0 bridgehead atoms. The monoisotopic (exact) mass is 465 g/mol. The van der Waals surface area contributed by atoms with Crippen LogP contribution in [0.3, 0.4) is 0 Å². The van der Waals surface area contributed by atoms with Crippen molar-refractivity contribution in [3.05, 3.63) is 42.0 Å². The molecule has 0 aliphatic carbocycles. The fourth-order valence-electron chi connectivity index (χ4n) is 3.00. The number of benzene rings is 1. The van der Waals surface area contributed by atoms with E-state index in [0.29, 0.717) is 5.56 Å². The van der Waals surface area contributed by atoms with E-state index in [0.717, 1.165) is 5.56 Å². The van der Waals surface area contributed by atoms with E-state index in [4.69, 9.17) is 4.74 Å². The quantitative estimate of drug-likeness (QED) is 0.397. The molecular formula is C23H35N3O5S. The molecule has 0 heterocycles. The van der Waals surface area contributed by atoms with Crippen LogP contribution in [0.25, 0.3) is 6.08 Å². The van der Waals surface area contributed by atoms with Crippen molar-refractivity contribution in [2.24, 2.45) is 0 Å². The number of ether oxygens (including phenoxy) is 1. The number of hydrogen-bond donors (Lipinski definition) is 4. The molecule has 8 nitrogen and oxygen atoms in total. The topological polar surface area (TPSA) is 108 Å². The number of hydrogen-bond acceptors (Lipinski definition) is 6. The van der Waals surface area contributed by atoms with Crippen LogP contribution in [0.4, 0.5) is 4.79 Å². The maximum absolute atomic E-state index is 13.4. The highest BCUT2D eigenvalue weighted by Gasteiger charge is 2.35. The van der Waals surface area contributed by atoms with Gasteiger partial charge in [0.1, 0.15) is 17.7 Å². The SMILES string of the molecule is C=Cc1cccc(C(C(=O)NC(C)C)N(CCO)C(=O)C(CS)NC(=O)OC(C)(C)C)c1. The summed E-state index contributed by atoms with van der Waals surface area (Å²) < 4.78 is 5.24. The highest BCUT2D eigenvalue weighted by atomic mass is 32.1. The first-order valence-electron chi connectivity index (χ1n) is 10.5. The van der Waals surface area contributed by atoms with Crippen molar-refractivity contribution in [2.75, 3.05) is 18.9 Å². The summed E-state index contributed by atoms with van der Waals surface area (Å²) in [6, 6.07) is 4.82. The van der Waals surface area contributed by atoms with Crippen molar-refractivity contribution in [2.45, 2.75) is 58.3 Å². The number of amides is 3. The summed E-state index contributed by atoms with van der Waals surface area (Å²) in [5.41, 5.74) is 0.584. The standard InChI is InChI=1S/C23H35N3O5S/c1-7-16-9-8-10-17(13-16)19(20(28)24-15(2)3)26(11-12-27)21(29)18(14-32)25-22(30)31-23(4,5)6/h7-10,13,15,18-19,27,32H,1,11-12,14H2,2-6H3,(H,24,28)(H,25,30). The molecular weight excluding hydrogens is 430 g/mol. The predicted octanol–water partition coefficient (Wildman–Crippen LogP) is 2.54. The van der Waals surface area contributed by atoms with E-state index < -0.39 is 35.6 Å². The van der Waals surface area contributed by atoms with Crippen LogP contribution in [0.15, 0.2) is 30.8 Å². The van der Waals surface area contributed by atoms with Gasteiger partial charge >= 0.3 is 6.09 Å². The Bertz CT molecular complexity index is 807. The summed E-state index contributed by atoms with van der Waals surface area (Å²) in [6.07, 6.45) is 0.866. The van der Waals surface area contributed by atoms with Crippen molar-refractivity contribution in [3.8, 4) is 0 Å². The smallest absolute Gasteiger partial charge is 0.408 e. The molecule has 3 amide bonds. The summed E-state index contributed by atoms with van der Waals surface area (Å²) in [5, 5.41) is 15.0. The van der Waals surface area contributed by atoms with Gasteiger partial charge in [0.25, 0.3) is 0 Å². The predicted molar refractivity (Wildman–Crippen MR) is 128 cm³/mol. The van der Waals surface area contributed by atoms with Gasteiger partial charge in [0.2, 0.25) is 11.8 Å². The number of carbonyl (C=O) groups excluding carboxylic acids is 3. The molecule has 32 heavy (non-hydrogen) atoms. The third-order valence-corrected chi connectivity index (χ3v) is 4.61. The zero-order chi connectivity index (χ0) is 24.5. The molecule has 178 valence electrons. The van der Waals surface area contributed by atoms with Crippen molar-refractivity contribution >= 4 is 36.6 Å². The van der Waals surface area contributed by atoms with Crippen molar-refractivity contribution in [3.63, 3.8) is 0 Å².